The summed E-state index contributed by atoms with van der Waals surface area (Å²) < 4.78 is 0. The van der Waals surface area contributed by atoms with Crippen LogP contribution in [0.2, 0.25) is 0 Å². The van der Waals surface area contributed by atoms with Gasteiger partial charge in [-0.25, -0.2) is 4.79 Å². The molecular weight excluding hydrogens is 286 g/mol. The molecule has 1 aromatic heterocycles. The molecule has 1 atom stereocenters. The molecule has 1 heterocycles. The topological polar surface area (TPSA) is 66.4 Å². The standard InChI is InChI=1S/C16H17NO3S/c1-10(2)14(13-7-4-8-21-13)17-15(18)11-5-3-6-12(9-11)16(19)20/h3-10,14H,1-2H3,(H,17,18)(H,19,20). The second-order valence-electron chi connectivity index (χ2n) is 5.10. The molecule has 2 N–H and O–H groups in total. The van der Waals surface area contributed by atoms with Crippen molar-refractivity contribution in [1.82, 2.24) is 5.32 Å². The van der Waals surface area contributed by atoms with Crippen LogP contribution in [0.3, 0.4) is 0 Å². The highest BCUT2D eigenvalue weighted by molar-refractivity contribution is 7.10. The quantitative estimate of drug-likeness (QED) is 0.887. The Morgan fingerprint density at radius 1 is 1.14 bits per heavy atom. The number of carbonyl (C=O) groups excluding carboxylic acids is 1. The average molecular weight is 303 g/mol. The van der Waals surface area contributed by atoms with Crippen LogP contribution in [0.25, 0.3) is 0 Å². The molecule has 0 bridgehead atoms. The van der Waals surface area contributed by atoms with E-state index in [0.717, 1.165) is 4.88 Å². The Morgan fingerprint density at radius 2 is 1.86 bits per heavy atom. The van der Waals surface area contributed by atoms with Crippen molar-refractivity contribution in [3.8, 4) is 0 Å². The molecule has 1 amide bonds. The average Bonchev–Trinajstić information content (AvgIpc) is 2.98. The van der Waals surface area contributed by atoms with Gasteiger partial charge in [0.15, 0.2) is 0 Å². The number of thiophene rings is 1. The Balaban J connectivity index is 2.20. The minimum absolute atomic E-state index is 0.0778. The van der Waals surface area contributed by atoms with Crippen molar-refractivity contribution >= 4 is 23.2 Å². The summed E-state index contributed by atoms with van der Waals surface area (Å²) in [5.41, 5.74) is 0.469. The second kappa shape index (κ2) is 6.54. The maximum Gasteiger partial charge on any atom is 0.335 e. The number of carboxylic acid groups (broad SMARTS) is 1. The third-order valence-corrected chi connectivity index (χ3v) is 4.13. The van der Waals surface area contributed by atoms with E-state index in [1.807, 2.05) is 31.4 Å². The number of carbonyl (C=O) groups is 2. The van der Waals surface area contributed by atoms with E-state index in [1.165, 1.54) is 12.1 Å². The predicted octanol–water partition coefficient (Wildman–Crippen LogP) is 3.57. The lowest BCUT2D eigenvalue weighted by molar-refractivity contribution is 0.0697. The van der Waals surface area contributed by atoms with Crippen molar-refractivity contribution in [2.75, 3.05) is 0 Å². The van der Waals surface area contributed by atoms with E-state index in [0.29, 0.717) is 5.56 Å². The summed E-state index contributed by atoms with van der Waals surface area (Å²) in [7, 11) is 0. The molecule has 0 radical (unpaired) electrons. The van der Waals surface area contributed by atoms with Gasteiger partial charge in [-0.05, 0) is 35.6 Å². The lowest BCUT2D eigenvalue weighted by Crippen LogP contribution is -2.31. The molecule has 0 aliphatic rings. The lowest BCUT2D eigenvalue weighted by Gasteiger charge is -2.21. The van der Waals surface area contributed by atoms with Crippen LogP contribution in [0, 0.1) is 5.92 Å². The Labute approximate surface area is 127 Å². The SMILES string of the molecule is CC(C)C(NC(=O)c1cccc(C(=O)O)c1)c1cccs1. The summed E-state index contributed by atoms with van der Waals surface area (Å²) in [4.78, 5) is 24.4. The number of nitrogens with one attached hydrogen (secondary N) is 1. The zero-order valence-corrected chi connectivity index (χ0v) is 12.7. The molecule has 0 aliphatic heterocycles. The van der Waals surface area contributed by atoms with Crippen LogP contribution in [-0.2, 0) is 0 Å². The number of rotatable bonds is 5. The molecule has 0 aliphatic carbocycles. The molecule has 0 spiro atoms. The van der Waals surface area contributed by atoms with Gasteiger partial charge in [0, 0.05) is 10.4 Å². The summed E-state index contributed by atoms with van der Waals surface area (Å²) in [6.07, 6.45) is 0. The fraction of sp³-hybridized carbons (Fsp3) is 0.250. The van der Waals surface area contributed by atoms with Gasteiger partial charge in [-0.15, -0.1) is 11.3 Å². The van der Waals surface area contributed by atoms with Crippen LogP contribution in [-0.4, -0.2) is 17.0 Å². The molecule has 2 rings (SSSR count). The summed E-state index contributed by atoms with van der Waals surface area (Å²) in [6, 6.07) is 9.92. The van der Waals surface area contributed by atoms with Crippen LogP contribution >= 0.6 is 11.3 Å². The highest BCUT2D eigenvalue weighted by Gasteiger charge is 2.20. The van der Waals surface area contributed by atoms with Crippen LogP contribution in [0.4, 0.5) is 0 Å². The van der Waals surface area contributed by atoms with Gasteiger partial charge < -0.3 is 10.4 Å². The Morgan fingerprint density at radius 3 is 2.43 bits per heavy atom. The maximum absolute atomic E-state index is 12.3. The van der Waals surface area contributed by atoms with Crippen LogP contribution in [0.1, 0.15) is 45.5 Å². The van der Waals surface area contributed by atoms with Crippen LogP contribution in [0.15, 0.2) is 41.8 Å². The van der Waals surface area contributed by atoms with E-state index < -0.39 is 5.97 Å². The van der Waals surface area contributed by atoms with Crippen molar-refractivity contribution in [3.63, 3.8) is 0 Å². The minimum atomic E-state index is -1.04. The van der Waals surface area contributed by atoms with E-state index in [9.17, 15) is 9.59 Å². The highest BCUT2D eigenvalue weighted by atomic mass is 32.1. The predicted molar refractivity (Wildman–Crippen MR) is 82.8 cm³/mol. The summed E-state index contributed by atoms with van der Waals surface area (Å²) in [5, 5.41) is 13.9. The van der Waals surface area contributed by atoms with Gasteiger partial charge in [0.1, 0.15) is 0 Å². The van der Waals surface area contributed by atoms with Crippen molar-refractivity contribution in [1.29, 1.82) is 0 Å². The lowest BCUT2D eigenvalue weighted by atomic mass is 10.0. The molecule has 0 fully saturated rings. The van der Waals surface area contributed by atoms with Gasteiger partial charge in [-0.3, -0.25) is 4.79 Å². The van der Waals surface area contributed by atoms with Gasteiger partial charge in [0.05, 0.1) is 11.6 Å². The first-order chi connectivity index (χ1) is 9.99. The second-order valence-corrected chi connectivity index (χ2v) is 6.08. The van der Waals surface area contributed by atoms with Gasteiger partial charge in [-0.2, -0.15) is 0 Å². The molecule has 0 saturated heterocycles. The normalized spacial score (nSPS) is 12.1. The molecule has 4 nitrogen and oxygen atoms in total. The Bertz CT molecular complexity index is 635. The molecule has 2 aromatic rings. The fourth-order valence-corrected chi connectivity index (χ4v) is 3.00. The fourth-order valence-electron chi connectivity index (χ4n) is 2.05. The number of hydrogen-bond acceptors (Lipinski definition) is 3. The molecule has 1 aromatic carbocycles. The Hall–Kier alpha value is -2.14. The molecule has 5 heteroatoms. The minimum Gasteiger partial charge on any atom is -0.478 e. The van der Waals surface area contributed by atoms with Crippen LogP contribution in [0.5, 0.6) is 0 Å². The van der Waals surface area contributed by atoms with Gasteiger partial charge in [0.2, 0.25) is 0 Å². The third-order valence-electron chi connectivity index (χ3n) is 3.17. The van der Waals surface area contributed by atoms with Crippen molar-refractivity contribution < 1.29 is 14.7 Å². The molecule has 110 valence electrons. The largest absolute Gasteiger partial charge is 0.478 e. The summed E-state index contributed by atoms with van der Waals surface area (Å²) in [6.45, 7) is 4.08. The van der Waals surface area contributed by atoms with E-state index in [4.69, 9.17) is 5.11 Å². The Kier molecular flexibility index (Phi) is 4.75. The summed E-state index contributed by atoms with van der Waals surface area (Å²) in [5.74, 6) is -1.05. The van der Waals surface area contributed by atoms with Gasteiger partial charge in [0.25, 0.3) is 5.91 Å². The zero-order chi connectivity index (χ0) is 15.4. The van der Waals surface area contributed by atoms with Crippen molar-refractivity contribution in [2.24, 2.45) is 5.92 Å². The first kappa shape index (κ1) is 15.3. The monoisotopic (exact) mass is 303 g/mol. The van der Waals surface area contributed by atoms with E-state index >= 15 is 0 Å². The number of amides is 1. The number of benzene rings is 1. The highest BCUT2D eigenvalue weighted by Crippen LogP contribution is 2.26. The third kappa shape index (κ3) is 3.70. The van der Waals surface area contributed by atoms with Crippen LogP contribution < -0.4 is 5.32 Å². The van der Waals surface area contributed by atoms with Gasteiger partial charge in [-0.1, -0.05) is 26.0 Å². The van der Waals surface area contributed by atoms with E-state index in [-0.39, 0.29) is 23.4 Å². The number of hydrogen-bond donors (Lipinski definition) is 2. The maximum atomic E-state index is 12.3. The molecule has 21 heavy (non-hydrogen) atoms. The first-order valence-electron chi connectivity index (χ1n) is 6.66. The first-order valence-corrected chi connectivity index (χ1v) is 7.54. The zero-order valence-electron chi connectivity index (χ0n) is 11.9. The van der Waals surface area contributed by atoms with Gasteiger partial charge >= 0.3 is 5.97 Å². The molecule has 1 unspecified atom stereocenters. The van der Waals surface area contributed by atoms with Crippen molar-refractivity contribution in [2.45, 2.75) is 19.9 Å². The molecule has 0 saturated carbocycles. The summed E-state index contributed by atoms with van der Waals surface area (Å²) >= 11 is 1.60. The molecular formula is C16H17NO3S. The van der Waals surface area contributed by atoms with Crippen molar-refractivity contribution in [3.05, 3.63) is 57.8 Å². The van der Waals surface area contributed by atoms with E-state index in [2.05, 4.69) is 5.32 Å². The smallest absolute Gasteiger partial charge is 0.335 e. The number of aromatic carboxylic acids is 1. The number of carboxylic acids is 1. The van der Waals surface area contributed by atoms with E-state index in [1.54, 1.807) is 23.5 Å².